The maximum atomic E-state index is 5.21. The molecule has 0 spiro atoms. The van der Waals surface area contributed by atoms with E-state index in [1.54, 1.807) is 5.71 Å². The van der Waals surface area contributed by atoms with Crippen molar-refractivity contribution in [2.24, 2.45) is 22.2 Å². The van der Waals surface area contributed by atoms with E-state index in [9.17, 15) is 0 Å². The molecule has 4 fully saturated rings. The summed E-state index contributed by atoms with van der Waals surface area (Å²) in [4.78, 5) is 8.11. The maximum Gasteiger partial charge on any atom is 0.0389 e. The van der Waals surface area contributed by atoms with Gasteiger partial charge in [0.2, 0.25) is 0 Å². The second-order valence-electron chi connectivity index (χ2n) is 9.00. The average molecular weight is 316 g/mol. The lowest BCUT2D eigenvalue weighted by atomic mass is 9.54. The van der Waals surface area contributed by atoms with Crippen LogP contribution in [-0.2, 0) is 0 Å². The van der Waals surface area contributed by atoms with Crippen LogP contribution >= 0.6 is 0 Å². The van der Waals surface area contributed by atoms with Gasteiger partial charge in [-0.3, -0.25) is 9.89 Å². The normalized spacial score (nSPS) is 47.4. The van der Waals surface area contributed by atoms with Gasteiger partial charge in [0.15, 0.2) is 0 Å². The molecule has 5 atom stereocenters. The van der Waals surface area contributed by atoms with Crippen molar-refractivity contribution in [3.63, 3.8) is 0 Å². The van der Waals surface area contributed by atoms with Crippen LogP contribution in [0.2, 0.25) is 0 Å². The third kappa shape index (κ3) is 2.33. The first-order valence-electron chi connectivity index (χ1n) is 10.4. The van der Waals surface area contributed by atoms with Gasteiger partial charge in [0.1, 0.15) is 0 Å². The number of aliphatic imine (C=N–C) groups is 1. The Morgan fingerprint density at radius 3 is 2.91 bits per heavy atom. The largest absolute Gasteiger partial charge is 0.313 e. The van der Waals surface area contributed by atoms with Gasteiger partial charge in [-0.1, -0.05) is 12.8 Å². The van der Waals surface area contributed by atoms with E-state index in [1.165, 1.54) is 83.8 Å². The van der Waals surface area contributed by atoms with Crippen molar-refractivity contribution in [1.29, 1.82) is 0 Å². The lowest BCUT2D eigenvalue weighted by Gasteiger charge is -2.61. The van der Waals surface area contributed by atoms with E-state index in [4.69, 9.17) is 4.99 Å². The Kier molecular flexibility index (Phi) is 3.78. The number of piperidine rings is 3. The highest BCUT2D eigenvalue weighted by molar-refractivity contribution is 5.94. The number of hydrogen-bond donors (Lipinski definition) is 1. The van der Waals surface area contributed by atoms with Crippen LogP contribution in [0.1, 0.15) is 64.2 Å². The molecule has 4 aliphatic heterocycles. The topological polar surface area (TPSA) is 27.6 Å². The maximum absolute atomic E-state index is 5.21. The molecule has 2 bridgehead atoms. The van der Waals surface area contributed by atoms with Crippen LogP contribution in [0.3, 0.4) is 0 Å². The monoisotopic (exact) mass is 315 g/mol. The second kappa shape index (κ2) is 5.84. The summed E-state index contributed by atoms with van der Waals surface area (Å²) in [7, 11) is 0. The molecule has 1 aliphatic carbocycles. The highest BCUT2D eigenvalue weighted by Gasteiger charge is 2.57. The second-order valence-corrected chi connectivity index (χ2v) is 9.00. The third-order valence-electron chi connectivity index (χ3n) is 7.77. The van der Waals surface area contributed by atoms with Gasteiger partial charge in [0.05, 0.1) is 0 Å². The molecule has 128 valence electrons. The molecule has 0 amide bonds. The molecule has 1 saturated carbocycles. The molecule has 0 unspecified atom stereocenters. The molecule has 23 heavy (non-hydrogen) atoms. The highest BCUT2D eigenvalue weighted by atomic mass is 15.2. The minimum absolute atomic E-state index is 0.391. The first-order valence-corrected chi connectivity index (χ1v) is 10.4. The van der Waals surface area contributed by atoms with Crippen LogP contribution in [-0.4, -0.2) is 48.9 Å². The van der Waals surface area contributed by atoms with Crippen molar-refractivity contribution < 1.29 is 0 Å². The summed E-state index contributed by atoms with van der Waals surface area (Å²) >= 11 is 0. The smallest absolute Gasteiger partial charge is 0.0389 e. The van der Waals surface area contributed by atoms with Gasteiger partial charge in [0.25, 0.3) is 0 Å². The van der Waals surface area contributed by atoms with Crippen LogP contribution in [0.25, 0.3) is 0 Å². The molecule has 0 aromatic heterocycles. The Labute approximate surface area is 141 Å². The minimum atomic E-state index is 0.391. The van der Waals surface area contributed by atoms with Crippen molar-refractivity contribution in [2.45, 2.75) is 76.3 Å². The zero-order chi connectivity index (χ0) is 15.3. The molecule has 0 aromatic rings. The van der Waals surface area contributed by atoms with E-state index in [2.05, 4.69) is 10.2 Å². The van der Waals surface area contributed by atoms with Crippen LogP contribution in [0.5, 0.6) is 0 Å². The van der Waals surface area contributed by atoms with E-state index in [1.807, 2.05) is 0 Å². The average Bonchev–Trinajstić information content (AvgIpc) is 2.63. The van der Waals surface area contributed by atoms with Gasteiger partial charge < -0.3 is 5.32 Å². The van der Waals surface area contributed by atoms with Crippen LogP contribution in [0, 0.1) is 17.3 Å². The first-order chi connectivity index (χ1) is 11.4. The van der Waals surface area contributed by atoms with Crippen molar-refractivity contribution in [3.05, 3.63) is 0 Å². The SMILES string of the molecule is C1CC[C@H]([C@@]23C[C@@H](C[C@H]4CCCN=C42)[C@@H]2CCCCN2C3)NC1. The Bertz CT molecular complexity index is 481. The molecule has 0 aromatic carbocycles. The van der Waals surface area contributed by atoms with Crippen molar-refractivity contribution >= 4 is 5.71 Å². The Morgan fingerprint density at radius 2 is 2.00 bits per heavy atom. The molecule has 1 N–H and O–H groups in total. The number of hydrogen-bond acceptors (Lipinski definition) is 3. The molecule has 3 heteroatoms. The summed E-state index contributed by atoms with van der Waals surface area (Å²) in [5.74, 6) is 1.78. The zero-order valence-corrected chi connectivity index (χ0v) is 14.6. The molecule has 4 heterocycles. The number of nitrogens with one attached hydrogen (secondary N) is 1. The number of fused-ring (bicyclic) bond motifs is 6. The van der Waals surface area contributed by atoms with E-state index in [0.717, 1.165) is 24.4 Å². The Balaban J connectivity index is 1.54. The number of rotatable bonds is 1. The van der Waals surface area contributed by atoms with Crippen molar-refractivity contribution in [1.82, 2.24) is 10.2 Å². The van der Waals surface area contributed by atoms with E-state index in [0.29, 0.717) is 11.5 Å². The van der Waals surface area contributed by atoms with Gasteiger partial charge in [-0.15, -0.1) is 0 Å². The van der Waals surface area contributed by atoms with Crippen LogP contribution in [0.4, 0.5) is 0 Å². The predicted molar refractivity (Wildman–Crippen MR) is 95.0 cm³/mol. The predicted octanol–water partition coefficient (Wildman–Crippen LogP) is 3.24. The summed E-state index contributed by atoms with van der Waals surface area (Å²) in [5, 5.41) is 3.96. The lowest BCUT2D eigenvalue weighted by molar-refractivity contribution is -0.0338. The van der Waals surface area contributed by atoms with Crippen molar-refractivity contribution in [3.8, 4) is 0 Å². The van der Waals surface area contributed by atoms with Gasteiger partial charge in [-0.05, 0) is 76.3 Å². The zero-order valence-electron chi connectivity index (χ0n) is 14.6. The van der Waals surface area contributed by atoms with E-state index >= 15 is 0 Å². The minimum Gasteiger partial charge on any atom is -0.313 e. The molecule has 0 radical (unpaired) electrons. The molecule has 3 saturated heterocycles. The van der Waals surface area contributed by atoms with Crippen LogP contribution < -0.4 is 5.32 Å². The summed E-state index contributed by atoms with van der Waals surface area (Å²) in [5.41, 5.74) is 2.06. The standard InChI is InChI=1S/C20H33N3/c1-3-9-21-18(8-1)20-13-16(12-15-6-5-10-22-19(15)20)17-7-2-4-11-23(17)14-20/h15-18,21H,1-14H2/t15-,16-,17+,18-,20+/m1/s1. The lowest BCUT2D eigenvalue weighted by Crippen LogP contribution is -2.68. The molecule has 5 rings (SSSR count). The highest BCUT2D eigenvalue weighted by Crippen LogP contribution is 2.53. The van der Waals surface area contributed by atoms with Gasteiger partial charge >= 0.3 is 0 Å². The molecular weight excluding hydrogens is 282 g/mol. The summed E-state index contributed by atoms with van der Waals surface area (Å²) in [6.45, 7) is 5.02. The molecule has 5 aliphatic rings. The van der Waals surface area contributed by atoms with Gasteiger partial charge in [-0.25, -0.2) is 0 Å². The fourth-order valence-corrected chi connectivity index (χ4v) is 6.92. The molecule has 3 nitrogen and oxygen atoms in total. The fraction of sp³-hybridized carbons (Fsp3) is 0.950. The summed E-state index contributed by atoms with van der Waals surface area (Å²) in [6, 6.07) is 1.62. The Morgan fingerprint density at radius 1 is 1.04 bits per heavy atom. The quantitative estimate of drug-likeness (QED) is 0.804. The number of nitrogens with zero attached hydrogens (tertiary/aromatic N) is 2. The van der Waals surface area contributed by atoms with Gasteiger partial charge in [-0.2, -0.15) is 0 Å². The Hall–Kier alpha value is -0.410. The van der Waals surface area contributed by atoms with Crippen LogP contribution in [0.15, 0.2) is 4.99 Å². The fourth-order valence-electron chi connectivity index (χ4n) is 6.92. The first kappa shape index (κ1) is 14.9. The molecular formula is C20H33N3. The summed E-state index contributed by atoms with van der Waals surface area (Å²) in [6.07, 6.45) is 14.2. The summed E-state index contributed by atoms with van der Waals surface area (Å²) < 4.78 is 0. The van der Waals surface area contributed by atoms with Crippen molar-refractivity contribution in [2.75, 3.05) is 26.2 Å². The van der Waals surface area contributed by atoms with E-state index in [-0.39, 0.29) is 0 Å². The third-order valence-corrected chi connectivity index (χ3v) is 7.77. The van der Waals surface area contributed by atoms with E-state index < -0.39 is 0 Å². The van der Waals surface area contributed by atoms with Gasteiger partial charge in [0, 0.05) is 36.3 Å².